The Morgan fingerprint density at radius 2 is 1.95 bits per heavy atom. The van der Waals surface area contributed by atoms with Gasteiger partial charge in [0.25, 0.3) is 0 Å². The van der Waals surface area contributed by atoms with Gasteiger partial charge in [-0.1, -0.05) is 18.2 Å². The number of carboxylic acids is 1. The first kappa shape index (κ1) is 14.1. The molecule has 20 heavy (non-hydrogen) atoms. The van der Waals surface area contributed by atoms with Crippen LogP contribution in [0.2, 0.25) is 0 Å². The van der Waals surface area contributed by atoms with Gasteiger partial charge in [-0.3, -0.25) is 4.79 Å². The lowest BCUT2D eigenvalue weighted by atomic mass is 10.2. The maximum absolute atomic E-state index is 11.7. The van der Waals surface area contributed by atoms with Crippen molar-refractivity contribution >= 4 is 29.5 Å². The number of pyridine rings is 1. The van der Waals surface area contributed by atoms with E-state index >= 15 is 0 Å². The van der Waals surface area contributed by atoms with Crippen LogP contribution in [0.3, 0.4) is 0 Å². The van der Waals surface area contributed by atoms with Crippen molar-refractivity contribution in [2.45, 2.75) is 4.90 Å². The number of carbonyl (C=O) groups is 2. The van der Waals surface area contributed by atoms with E-state index in [1.807, 2.05) is 30.3 Å². The van der Waals surface area contributed by atoms with Gasteiger partial charge in [0.2, 0.25) is 5.91 Å². The molecule has 0 saturated heterocycles. The lowest BCUT2D eigenvalue weighted by Crippen LogP contribution is -2.15. The van der Waals surface area contributed by atoms with Crippen LogP contribution in [0.15, 0.2) is 53.6 Å². The number of nitrogens with one attached hydrogen (secondary N) is 1. The minimum Gasteiger partial charge on any atom is -0.478 e. The summed E-state index contributed by atoms with van der Waals surface area (Å²) in [6.07, 6.45) is 1.35. The molecule has 0 spiro atoms. The van der Waals surface area contributed by atoms with Crippen LogP contribution in [0.5, 0.6) is 0 Å². The van der Waals surface area contributed by atoms with E-state index < -0.39 is 5.97 Å². The number of nitrogens with zero attached hydrogens (tertiary/aromatic N) is 1. The van der Waals surface area contributed by atoms with Gasteiger partial charge in [-0.2, -0.15) is 0 Å². The Morgan fingerprint density at radius 1 is 1.20 bits per heavy atom. The van der Waals surface area contributed by atoms with Crippen molar-refractivity contribution in [1.29, 1.82) is 0 Å². The van der Waals surface area contributed by atoms with E-state index in [4.69, 9.17) is 5.11 Å². The fraction of sp³-hybridized carbons (Fsp3) is 0.0714. The van der Waals surface area contributed by atoms with Gasteiger partial charge in [0.05, 0.1) is 11.3 Å². The van der Waals surface area contributed by atoms with Crippen LogP contribution >= 0.6 is 11.8 Å². The number of aromatic nitrogens is 1. The molecular formula is C14H12N2O3S. The molecule has 0 saturated carbocycles. The molecule has 0 aliphatic rings. The van der Waals surface area contributed by atoms with E-state index in [0.717, 1.165) is 4.90 Å². The standard InChI is InChI=1S/C14H12N2O3S/c17-13(9-20-11-4-2-1-3-5-11)16-12-8-10(14(18)19)6-7-15-12/h1-8H,9H2,(H,18,19)(H,15,16,17). The first-order chi connectivity index (χ1) is 9.65. The third-order valence-electron chi connectivity index (χ3n) is 2.39. The van der Waals surface area contributed by atoms with Crippen LogP contribution in [0.1, 0.15) is 10.4 Å². The van der Waals surface area contributed by atoms with Gasteiger partial charge in [-0.25, -0.2) is 9.78 Å². The third-order valence-corrected chi connectivity index (χ3v) is 3.40. The van der Waals surface area contributed by atoms with Gasteiger partial charge in [0.15, 0.2) is 0 Å². The molecule has 0 radical (unpaired) electrons. The van der Waals surface area contributed by atoms with E-state index in [1.54, 1.807) is 0 Å². The van der Waals surface area contributed by atoms with Crippen LogP contribution in [0.4, 0.5) is 5.82 Å². The highest BCUT2D eigenvalue weighted by Gasteiger charge is 2.07. The number of thioether (sulfide) groups is 1. The molecule has 1 aromatic carbocycles. The SMILES string of the molecule is O=C(CSc1ccccc1)Nc1cc(C(=O)O)ccn1. The van der Waals surface area contributed by atoms with Crippen molar-refractivity contribution in [3.63, 3.8) is 0 Å². The van der Waals surface area contributed by atoms with Crippen molar-refractivity contribution in [3.05, 3.63) is 54.2 Å². The summed E-state index contributed by atoms with van der Waals surface area (Å²) < 4.78 is 0. The quantitative estimate of drug-likeness (QED) is 0.826. The molecule has 5 nitrogen and oxygen atoms in total. The van der Waals surface area contributed by atoms with E-state index in [9.17, 15) is 9.59 Å². The molecule has 0 aliphatic heterocycles. The Balaban J connectivity index is 1.91. The normalized spacial score (nSPS) is 10.0. The smallest absolute Gasteiger partial charge is 0.335 e. The second-order valence-corrected chi connectivity index (χ2v) is 4.93. The third kappa shape index (κ3) is 4.10. The van der Waals surface area contributed by atoms with E-state index in [-0.39, 0.29) is 23.0 Å². The number of hydrogen-bond acceptors (Lipinski definition) is 4. The Bertz CT molecular complexity index is 617. The molecule has 1 amide bonds. The van der Waals surface area contributed by atoms with Gasteiger partial charge in [0, 0.05) is 11.1 Å². The number of hydrogen-bond donors (Lipinski definition) is 2. The average molecular weight is 288 g/mol. The highest BCUT2D eigenvalue weighted by Crippen LogP contribution is 2.17. The lowest BCUT2D eigenvalue weighted by molar-refractivity contribution is -0.113. The highest BCUT2D eigenvalue weighted by molar-refractivity contribution is 8.00. The molecule has 6 heteroatoms. The van der Waals surface area contributed by atoms with Crippen molar-refractivity contribution in [2.24, 2.45) is 0 Å². The summed E-state index contributed by atoms with van der Waals surface area (Å²) in [5.74, 6) is -0.804. The molecule has 2 aromatic rings. The number of aromatic carboxylic acids is 1. The number of carbonyl (C=O) groups excluding carboxylic acids is 1. The first-order valence-electron chi connectivity index (χ1n) is 5.82. The summed E-state index contributed by atoms with van der Waals surface area (Å²) in [7, 11) is 0. The van der Waals surface area contributed by atoms with Crippen molar-refractivity contribution in [3.8, 4) is 0 Å². The molecular weight excluding hydrogens is 276 g/mol. The fourth-order valence-corrected chi connectivity index (χ4v) is 2.20. The summed E-state index contributed by atoms with van der Waals surface area (Å²) in [4.78, 5) is 27.5. The molecule has 2 N–H and O–H groups in total. The maximum atomic E-state index is 11.7. The van der Waals surface area contributed by atoms with Gasteiger partial charge in [0.1, 0.15) is 5.82 Å². The summed E-state index contributed by atoms with van der Waals surface area (Å²) in [6, 6.07) is 12.2. The number of rotatable bonds is 5. The number of amides is 1. The topological polar surface area (TPSA) is 79.3 Å². The average Bonchev–Trinajstić information content (AvgIpc) is 2.46. The zero-order chi connectivity index (χ0) is 14.4. The number of benzene rings is 1. The molecule has 0 aliphatic carbocycles. The fourth-order valence-electron chi connectivity index (χ4n) is 1.48. The summed E-state index contributed by atoms with van der Waals surface area (Å²) >= 11 is 1.40. The molecule has 0 atom stereocenters. The molecule has 1 heterocycles. The Labute approximate surface area is 120 Å². The summed E-state index contributed by atoms with van der Waals surface area (Å²) in [5, 5.41) is 11.4. The lowest BCUT2D eigenvalue weighted by Gasteiger charge is -2.05. The zero-order valence-electron chi connectivity index (χ0n) is 10.4. The van der Waals surface area contributed by atoms with E-state index in [1.165, 1.54) is 30.1 Å². The van der Waals surface area contributed by atoms with E-state index in [0.29, 0.717) is 0 Å². The van der Waals surface area contributed by atoms with Crippen molar-refractivity contribution in [1.82, 2.24) is 4.98 Å². The van der Waals surface area contributed by atoms with Gasteiger partial charge in [-0.15, -0.1) is 11.8 Å². The van der Waals surface area contributed by atoms with Crippen LogP contribution in [-0.2, 0) is 4.79 Å². The number of anilines is 1. The molecule has 2 rings (SSSR count). The number of carboxylic acid groups (broad SMARTS) is 1. The van der Waals surface area contributed by atoms with Crippen molar-refractivity contribution in [2.75, 3.05) is 11.1 Å². The van der Waals surface area contributed by atoms with Gasteiger partial charge in [-0.05, 0) is 24.3 Å². The molecule has 102 valence electrons. The summed E-state index contributed by atoms with van der Waals surface area (Å²) in [6.45, 7) is 0. The van der Waals surface area contributed by atoms with Crippen molar-refractivity contribution < 1.29 is 14.7 Å². The predicted molar refractivity (Wildman–Crippen MR) is 77.0 cm³/mol. The molecule has 0 bridgehead atoms. The second kappa shape index (κ2) is 6.72. The highest BCUT2D eigenvalue weighted by atomic mass is 32.2. The first-order valence-corrected chi connectivity index (χ1v) is 6.81. The molecule has 0 fully saturated rings. The van der Waals surface area contributed by atoms with Gasteiger partial charge < -0.3 is 10.4 Å². The van der Waals surface area contributed by atoms with Crippen LogP contribution in [0, 0.1) is 0 Å². The minimum atomic E-state index is -1.05. The minimum absolute atomic E-state index is 0.0889. The molecule has 0 unspecified atom stereocenters. The van der Waals surface area contributed by atoms with Crippen LogP contribution in [0.25, 0.3) is 0 Å². The Morgan fingerprint density at radius 3 is 2.65 bits per heavy atom. The largest absolute Gasteiger partial charge is 0.478 e. The van der Waals surface area contributed by atoms with Crippen LogP contribution < -0.4 is 5.32 Å². The monoisotopic (exact) mass is 288 g/mol. The maximum Gasteiger partial charge on any atom is 0.335 e. The predicted octanol–water partition coefficient (Wildman–Crippen LogP) is 2.51. The Kier molecular flexibility index (Phi) is 4.73. The molecule has 1 aromatic heterocycles. The van der Waals surface area contributed by atoms with E-state index in [2.05, 4.69) is 10.3 Å². The summed E-state index contributed by atoms with van der Waals surface area (Å²) in [5.41, 5.74) is 0.0889. The zero-order valence-corrected chi connectivity index (χ0v) is 11.3. The Hall–Kier alpha value is -2.34. The second-order valence-electron chi connectivity index (χ2n) is 3.88. The van der Waals surface area contributed by atoms with Crippen LogP contribution in [-0.4, -0.2) is 27.7 Å². The van der Waals surface area contributed by atoms with Gasteiger partial charge >= 0.3 is 5.97 Å².